The van der Waals surface area contributed by atoms with E-state index < -0.39 is 12.1 Å². The first-order valence-electron chi connectivity index (χ1n) is 6.66. The molecule has 1 saturated carbocycles. The Morgan fingerprint density at radius 2 is 2.21 bits per heavy atom. The summed E-state index contributed by atoms with van der Waals surface area (Å²) in [4.78, 5) is 14.7. The van der Waals surface area contributed by atoms with Crippen LogP contribution in [-0.2, 0) is 0 Å². The van der Waals surface area contributed by atoms with E-state index in [2.05, 4.69) is 4.98 Å². The summed E-state index contributed by atoms with van der Waals surface area (Å²) in [6.07, 6.45) is 6.40. The van der Waals surface area contributed by atoms with Gasteiger partial charge in [-0.1, -0.05) is 25.7 Å². The molecular formula is C14H19NO4. The fraction of sp³-hybridized carbons (Fsp3) is 0.571. The standard InChI is InChI=1S/C14H19NO4/c16-11(8-10-4-1-2-5-10)9-19-12-6-3-7-15-13(12)14(17)18/h3,6-7,10-11,16H,1-2,4-5,8-9H2,(H,17,18). The molecule has 1 atom stereocenters. The van der Waals surface area contributed by atoms with Gasteiger partial charge in [0.05, 0.1) is 6.10 Å². The quantitative estimate of drug-likeness (QED) is 0.823. The van der Waals surface area contributed by atoms with Crippen molar-refractivity contribution in [3.63, 3.8) is 0 Å². The molecule has 1 heterocycles. The first kappa shape index (κ1) is 13.8. The number of carboxylic acids is 1. The molecule has 1 unspecified atom stereocenters. The molecule has 0 bridgehead atoms. The molecule has 0 saturated heterocycles. The molecule has 0 aliphatic heterocycles. The Balaban J connectivity index is 1.85. The molecule has 1 aliphatic carbocycles. The topological polar surface area (TPSA) is 79.7 Å². The minimum absolute atomic E-state index is 0.114. The van der Waals surface area contributed by atoms with E-state index in [-0.39, 0.29) is 18.1 Å². The molecule has 1 aromatic heterocycles. The van der Waals surface area contributed by atoms with Crippen molar-refractivity contribution >= 4 is 5.97 Å². The lowest BCUT2D eigenvalue weighted by Crippen LogP contribution is -2.21. The van der Waals surface area contributed by atoms with Crippen molar-refractivity contribution in [3.8, 4) is 5.75 Å². The Labute approximate surface area is 112 Å². The second kappa shape index (κ2) is 6.52. The minimum atomic E-state index is -1.12. The zero-order valence-corrected chi connectivity index (χ0v) is 10.8. The SMILES string of the molecule is O=C(O)c1ncccc1OCC(O)CC1CCCC1. The van der Waals surface area contributed by atoms with Crippen molar-refractivity contribution in [1.82, 2.24) is 4.98 Å². The van der Waals surface area contributed by atoms with E-state index >= 15 is 0 Å². The Bertz CT molecular complexity index is 429. The van der Waals surface area contributed by atoms with E-state index in [9.17, 15) is 9.90 Å². The number of aromatic carboxylic acids is 1. The molecule has 1 fully saturated rings. The van der Waals surface area contributed by atoms with Gasteiger partial charge in [-0.2, -0.15) is 0 Å². The number of aliphatic hydroxyl groups is 1. The molecule has 2 rings (SSSR count). The lowest BCUT2D eigenvalue weighted by atomic mass is 10.0. The summed E-state index contributed by atoms with van der Waals surface area (Å²) in [5.74, 6) is -0.340. The number of rotatable bonds is 6. The number of ether oxygens (including phenoxy) is 1. The average Bonchev–Trinajstić information content (AvgIpc) is 2.89. The van der Waals surface area contributed by atoms with Gasteiger partial charge in [-0.25, -0.2) is 9.78 Å². The van der Waals surface area contributed by atoms with E-state index in [1.165, 1.54) is 31.9 Å². The Hall–Kier alpha value is -1.62. The van der Waals surface area contributed by atoms with Gasteiger partial charge < -0.3 is 14.9 Å². The summed E-state index contributed by atoms with van der Waals surface area (Å²) in [5, 5.41) is 18.9. The first-order chi connectivity index (χ1) is 9.16. The normalized spacial score (nSPS) is 17.3. The van der Waals surface area contributed by atoms with E-state index in [1.807, 2.05) is 0 Å². The van der Waals surface area contributed by atoms with Gasteiger partial charge in [-0.3, -0.25) is 0 Å². The van der Waals surface area contributed by atoms with Crippen LogP contribution in [0.25, 0.3) is 0 Å². The number of hydrogen-bond donors (Lipinski definition) is 2. The number of nitrogens with zero attached hydrogens (tertiary/aromatic N) is 1. The van der Waals surface area contributed by atoms with E-state index in [0.717, 1.165) is 6.42 Å². The maximum Gasteiger partial charge on any atom is 0.358 e. The third-order valence-electron chi connectivity index (χ3n) is 3.48. The smallest absolute Gasteiger partial charge is 0.358 e. The van der Waals surface area contributed by atoms with Crippen molar-refractivity contribution in [3.05, 3.63) is 24.0 Å². The Kier molecular flexibility index (Phi) is 4.74. The van der Waals surface area contributed by atoms with Crippen molar-refractivity contribution in [2.75, 3.05) is 6.61 Å². The van der Waals surface area contributed by atoms with Crippen molar-refractivity contribution in [2.24, 2.45) is 5.92 Å². The number of hydrogen-bond acceptors (Lipinski definition) is 4. The number of pyridine rings is 1. The highest BCUT2D eigenvalue weighted by molar-refractivity contribution is 5.88. The lowest BCUT2D eigenvalue weighted by Gasteiger charge is -2.16. The van der Waals surface area contributed by atoms with Gasteiger partial charge in [-0.05, 0) is 24.5 Å². The van der Waals surface area contributed by atoms with Crippen molar-refractivity contribution < 1.29 is 19.7 Å². The van der Waals surface area contributed by atoms with Gasteiger partial charge in [0.2, 0.25) is 0 Å². The van der Waals surface area contributed by atoms with E-state index in [0.29, 0.717) is 5.92 Å². The monoisotopic (exact) mass is 265 g/mol. The van der Waals surface area contributed by atoms with Crippen LogP contribution in [0.15, 0.2) is 18.3 Å². The van der Waals surface area contributed by atoms with Crippen LogP contribution in [0.2, 0.25) is 0 Å². The highest BCUT2D eigenvalue weighted by atomic mass is 16.5. The lowest BCUT2D eigenvalue weighted by molar-refractivity contribution is 0.0664. The number of carboxylic acid groups (broad SMARTS) is 1. The molecule has 104 valence electrons. The third kappa shape index (κ3) is 3.92. The second-order valence-electron chi connectivity index (χ2n) is 5.01. The molecule has 19 heavy (non-hydrogen) atoms. The summed E-state index contributed by atoms with van der Waals surface area (Å²) in [6.45, 7) is 0.114. The molecule has 0 aromatic carbocycles. The number of aliphatic hydroxyl groups excluding tert-OH is 1. The first-order valence-corrected chi connectivity index (χ1v) is 6.66. The Morgan fingerprint density at radius 3 is 2.89 bits per heavy atom. The van der Waals surface area contributed by atoms with Crippen molar-refractivity contribution in [1.29, 1.82) is 0 Å². The molecule has 1 aliphatic rings. The second-order valence-corrected chi connectivity index (χ2v) is 5.01. The fourth-order valence-corrected chi connectivity index (χ4v) is 2.55. The largest absolute Gasteiger partial charge is 0.488 e. The summed E-state index contributed by atoms with van der Waals surface area (Å²) in [5.41, 5.74) is -0.115. The van der Waals surface area contributed by atoms with Crippen LogP contribution in [0, 0.1) is 5.92 Å². The molecule has 2 N–H and O–H groups in total. The van der Waals surface area contributed by atoms with E-state index in [4.69, 9.17) is 9.84 Å². The highest BCUT2D eigenvalue weighted by Gasteiger charge is 2.20. The fourth-order valence-electron chi connectivity index (χ4n) is 2.55. The number of carbonyl (C=O) groups is 1. The molecular weight excluding hydrogens is 246 g/mol. The molecule has 0 radical (unpaired) electrons. The van der Waals surface area contributed by atoms with Crippen LogP contribution in [0.5, 0.6) is 5.75 Å². The highest BCUT2D eigenvalue weighted by Crippen LogP contribution is 2.28. The van der Waals surface area contributed by atoms with Crippen LogP contribution in [0.4, 0.5) is 0 Å². The van der Waals surface area contributed by atoms with Crippen LogP contribution < -0.4 is 4.74 Å². The van der Waals surface area contributed by atoms with Gasteiger partial charge in [0.25, 0.3) is 0 Å². The van der Waals surface area contributed by atoms with Gasteiger partial charge in [-0.15, -0.1) is 0 Å². The Morgan fingerprint density at radius 1 is 1.47 bits per heavy atom. The molecule has 5 heteroatoms. The maximum atomic E-state index is 10.9. The van der Waals surface area contributed by atoms with Gasteiger partial charge >= 0.3 is 5.97 Å². The predicted octanol–water partition coefficient (Wildman–Crippen LogP) is 2.10. The molecule has 5 nitrogen and oxygen atoms in total. The summed E-state index contributed by atoms with van der Waals surface area (Å²) in [7, 11) is 0. The van der Waals surface area contributed by atoms with Gasteiger partial charge in [0.15, 0.2) is 11.4 Å². The molecule has 1 aromatic rings. The summed E-state index contributed by atoms with van der Waals surface area (Å²) in [6, 6.07) is 3.17. The van der Waals surface area contributed by atoms with Gasteiger partial charge in [0.1, 0.15) is 6.61 Å². The van der Waals surface area contributed by atoms with Crippen molar-refractivity contribution in [2.45, 2.75) is 38.2 Å². The number of aromatic nitrogens is 1. The minimum Gasteiger partial charge on any atom is -0.488 e. The summed E-state index contributed by atoms with van der Waals surface area (Å²) >= 11 is 0. The van der Waals surface area contributed by atoms with Crippen LogP contribution in [0.1, 0.15) is 42.6 Å². The predicted molar refractivity (Wildman–Crippen MR) is 69.3 cm³/mol. The maximum absolute atomic E-state index is 10.9. The zero-order chi connectivity index (χ0) is 13.7. The zero-order valence-electron chi connectivity index (χ0n) is 10.8. The van der Waals surface area contributed by atoms with Crippen LogP contribution in [0.3, 0.4) is 0 Å². The molecule has 0 amide bonds. The van der Waals surface area contributed by atoms with Crippen LogP contribution >= 0.6 is 0 Å². The van der Waals surface area contributed by atoms with E-state index in [1.54, 1.807) is 12.1 Å². The third-order valence-corrected chi connectivity index (χ3v) is 3.48. The average molecular weight is 265 g/mol. The molecule has 0 spiro atoms. The van der Waals surface area contributed by atoms with Crippen LogP contribution in [-0.4, -0.2) is 33.9 Å². The van der Waals surface area contributed by atoms with Gasteiger partial charge in [0, 0.05) is 6.20 Å². The summed E-state index contributed by atoms with van der Waals surface area (Å²) < 4.78 is 5.38.